The molecule has 0 aliphatic heterocycles. The molecular formula is C28H29F6N7O6. The number of carboxylic acids is 2. The van der Waals surface area contributed by atoms with Gasteiger partial charge in [-0.25, -0.2) is 24.5 Å². The Labute approximate surface area is 262 Å². The van der Waals surface area contributed by atoms with Crippen molar-refractivity contribution in [3.63, 3.8) is 0 Å². The number of nitrogens with zero attached hydrogens (tertiary/aromatic N) is 6. The van der Waals surface area contributed by atoms with Crippen LogP contribution in [0.1, 0.15) is 16.1 Å². The van der Waals surface area contributed by atoms with Crippen LogP contribution in [0.5, 0.6) is 5.75 Å². The number of aliphatic carboxylic acids is 2. The SMILES string of the molecule is COc1cccc(CN(CCN(C)C)C(=O)c2cn3cc(-c4ccnc(N)n4)ccc3n2)c1.O=C(O)C(F)(F)F.O=C(O)C(F)(F)F. The number of aromatic nitrogens is 4. The van der Waals surface area contributed by atoms with Crippen LogP contribution >= 0.6 is 0 Å². The number of carbonyl (C=O) groups excluding carboxylic acids is 1. The molecule has 19 heteroatoms. The van der Waals surface area contributed by atoms with Crippen LogP contribution in [0.2, 0.25) is 0 Å². The second-order valence-electron chi connectivity index (χ2n) is 9.60. The molecule has 0 bridgehead atoms. The second-order valence-corrected chi connectivity index (χ2v) is 9.60. The van der Waals surface area contributed by atoms with E-state index in [1.807, 2.05) is 66.0 Å². The number of likely N-dealkylation sites (N-methyl/N-ethyl adjacent to an activating group) is 1. The lowest BCUT2D eigenvalue weighted by Crippen LogP contribution is -2.36. The summed E-state index contributed by atoms with van der Waals surface area (Å²) in [7, 11) is 5.61. The molecule has 254 valence electrons. The van der Waals surface area contributed by atoms with Crippen LogP contribution in [0.4, 0.5) is 32.3 Å². The first-order valence-electron chi connectivity index (χ1n) is 13.1. The quantitative estimate of drug-likeness (QED) is 0.232. The fourth-order valence-corrected chi connectivity index (χ4v) is 3.51. The molecule has 0 aliphatic carbocycles. The zero-order valence-electron chi connectivity index (χ0n) is 25.0. The van der Waals surface area contributed by atoms with Crippen LogP contribution in [0.25, 0.3) is 16.9 Å². The molecule has 0 fully saturated rings. The number of anilines is 1. The molecule has 0 saturated heterocycles. The number of ether oxygens (including phenoxy) is 1. The van der Waals surface area contributed by atoms with Crippen LogP contribution in [-0.4, -0.2) is 104 Å². The van der Waals surface area contributed by atoms with Crippen molar-refractivity contribution in [1.82, 2.24) is 29.2 Å². The highest BCUT2D eigenvalue weighted by atomic mass is 19.4. The third kappa shape index (κ3) is 12.1. The van der Waals surface area contributed by atoms with Gasteiger partial charge in [0.05, 0.1) is 12.8 Å². The number of hydrogen-bond acceptors (Lipinski definition) is 9. The molecule has 0 unspecified atom stereocenters. The predicted octanol–water partition coefficient (Wildman–Crippen LogP) is 3.85. The molecule has 13 nitrogen and oxygen atoms in total. The molecule has 4 rings (SSSR count). The molecule has 0 saturated carbocycles. The number of carbonyl (C=O) groups is 3. The number of alkyl halides is 6. The molecule has 1 aromatic carbocycles. The van der Waals surface area contributed by atoms with Gasteiger partial charge in [0, 0.05) is 43.8 Å². The first-order chi connectivity index (χ1) is 21.8. The summed E-state index contributed by atoms with van der Waals surface area (Å²) >= 11 is 0. The average Bonchev–Trinajstić information content (AvgIpc) is 3.42. The number of nitrogens with two attached hydrogens (primary N) is 1. The van der Waals surface area contributed by atoms with Crippen molar-refractivity contribution in [2.75, 3.05) is 40.0 Å². The Morgan fingerprint density at radius 2 is 1.53 bits per heavy atom. The molecule has 4 aromatic rings. The van der Waals surface area contributed by atoms with Crippen LogP contribution in [0.3, 0.4) is 0 Å². The van der Waals surface area contributed by atoms with Gasteiger partial charge in [0.15, 0.2) is 0 Å². The summed E-state index contributed by atoms with van der Waals surface area (Å²) in [5, 5.41) is 14.2. The van der Waals surface area contributed by atoms with E-state index in [-0.39, 0.29) is 11.9 Å². The van der Waals surface area contributed by atoms with Crippen molar-refractivity contribution in [2.45, 2.75) is 18.9 Å². The highest BCUT2D eigenvalue weighted by Gasteiger charge is 2.38. The molecule has 47 heavy (non-hydrogen) atoms. The summed E-state index contributed by atoms with van der Waals surface area (Å²) in [6.45, 7) is 1.77. The maximum atomic E-state index is 13.4. The number of nitrogen functional groups attached to an aromatic ring is 1. The van der Waals surface area contributed by atoms with Crippen molar-refractivity contribution >= 4 is 29.4 Å². The van der Waals surface area contributed by atoms with Crippen molar-refractivity contribution in [1.29, 1.82) is 0 Å². The Morgan fingerprint density at radius 1 is 0.915 bits per heavy atom. The summed E-state index contributed by atoms with van der Waals surface area (Å²) in [6.07, 6.45) is -4.92. The lowest BCUT2D eigenvalue weighted by atomic mass is 10.2. The van der Waals surface area contributed by atoms with E-state index in [4.69, 9.17) is 30.3 Å². The minimum atomic E-state index is -5.08. The number of methoxy groups -OCH3 is 1. The standard InChI is InChI=1S/C24H27N7O2.2C2HF3O2/c1-29(2)11-12-30(14-17-5-4-6-19(13-17)33-3)23(32)21-16-31-15-18(7-8-22(31)27-21)20-9-10-26-24(25)28-20;2*3-2(4,5)1(6)7/h4-10,13,15-16H,11-12,14H2,1-3H3,(H2,25,26,28);2*(H,6,7). The number of amides is 1. The van der Waals surface area contributed by atoms with E-state index in [2.05, 4.69) is 19.9 Å². The van der Waals surface area contributed by atoms with Crippen LogP contribution in [0.15, 0.2) is 61.1 Å². The average molecular weight is 674 g/mol. The second kappa shape index (κ2) is 16.2. The fourth-order valence-electron chi connectivity index (χ4n) is 3.51. The number of hydrogen-bond donors (Lipinski definition) is 3. The number of benzene rings is 1. The van der Waals surface area contributed by atoms with E-state index in [9.17, 15) is 31.1 Å². The number of fused-ring (bicyclic) bond motifs is 1. The smallest absolute Gasteiger partial charge is 0.490 e. The van der Waals surface area contributed by atoms with Crippen molar-refractivity contribution in [3.05, 3.63) is 72.3 Å². The zero-order chi connectivity index (χ0) is 35.5. The molecule has 3 heterocycles. The van der Waals surface area contributed by atoms with Gasteiger partial charge in [0.1, 0.15) is 17.1 Å². The Morgan fingerprint density at radius 3 is 2.06 bits per heavy atom. The summed E-state index contributed by atoms with van der Waals surface area (Å²) in [6, 6.07) is 13.3. The van der Waals surface area contributed by atoms with Gasteiger partial charge < -0.3 is 34.9 Å². The van der Waals surface area contributed by atoms with Crippen molar-refractivity contribution < 1.29 is 55.7 Å². The lowest BCUT2D eigenvalue weighted by molar-refractivity contribution is -0.193. The number of halogens is 6. The number of pyridine rings is 1. The molecule has 0 atom stereocenters. The fraction of sp³-hybridized carbons (Fsp3) is 0.286. The highest BCUT2D eigenvalue weighted by molar-refractivity contribution is 5.93. The van der Waals surface area contributed by atoms with Gasteiger partial charge in [-0.15, -0.1) is 0 Å². The number of imidazole rings is 1. The molecule has 0 spiro atoms. The minimum Gasteiger partial charge on any atom is -0.497 e. The highest BCUT2D eigenvalue weighted by Crippen LogP contribution is 2.20. The maximum absolute atomic E-state index is 13.4. The van der Waals surface area contributed by atoms with E-state index in [1.165, 1.54) is 0 Å². The first kappa shape index (κ1) is 37.7. The van der Waals surface area contributed by atoms with Gasteiger partial charge in [0.2, 0.25) is 5.95 Å². The van der Waals surface area contributed by atoms with E-state index in [0.717, 1.165) is 23.4 Å². The van der Waals surface area contributed by atoms with E-state index < -0.39 is 24.3 Å². The van der Waals surface area contributed by atoms with Crippen molar-refractivity contribution in [3.8, 4) is 17.0 Å². The van der Waals surface area contributed by atoms with Crippen LogP contribution in [0, 0.1) is 0 Å². The molecule has 3 aromatic heterocycles. The molecule has 1 amide bonds. The summed E-state index contributed by atoms with van der Waals surface area (Å²) in [4.78, 5) is 47.9. The van der Waals surface area contributed by atoms with Gasteiger partial charge in [-0.2, -0.15) is 26.3 Å². The summed E-state index contributed by atoms with van der Waals surface area (Å²) < 4.78 is 70.6. The topological polar surface area (TPSA) is 176 Å². The number of rotatable bonds is 8. The Balaban J connectivity index is 0.000000459. The Kier molecular flexibility index (Phi) is 13.0. The van der Waals surface area contributed by atoms with Crippen LogP contribution < -0.4 is 10.5 Å². The summed E-state index contributed by atoms with van der Waals surface area (Å²) in [5.41, 5.74) is 9.33. The largest absolute Gasteiger partial charge is 0.497 e. The third-order valence-electron chi connectivity index (χ3n) is 5.74. The third-order valence-corrected chi connectivity index (χ3v) is 5.74. The molecule has 0 radical (unpaired) electrons. The Hall–Kier alpha value is -5.46. The maximum Gasteiger partial charge on any atom is 0.490 e. The van der Waals surface area contributed by atoms with E-state index in [1.54, 1.807) is 25.6 Å². The van der Waals surface area contributed by atoms with Gasteiger partial charge >= 0.3 is 24.3 Å². The molecular weight excluding hydrogens is 644 g/mol. The number of carboxylic acid groups (broad SMARTS) is 2. The zero-order valence-corrected chi connectivity index (χ0v) is 25.0. The normalized spacial score (nSPS) is 11.2. The van der Waals surface area contributed by atoms with Gasteiger partial charge in [-0.3, -0.25) is 4.79 Å². The monoisotopic (exact) mass is 673 g/mol. The molecule has 0 aliphatic rings. The lowest BCUT2D eigenvalue weighted by Gasteiger charge is -2.24. The van der Waals surface area contributed by atoms with Gasteiger partial charge in [-0.1, -0.05) is 12.1 Å². The van der Waals surface area contributed by atoms with E-state index >= 15 is 0 Å². The Bertz CT molecular complexity index is 1650. The van der Waals surface area contributed by atoms with Gasteiger partial charge in [0.25, 0.3) is 5.91 Å². The summed E-state index contributed by atoms with van der Waals surface area (Å²) in [5.74, 6) is -4.67. The first-order valence-corrected chi connectivity index (χ1v) is 13.1. The van der Waals surface area contributed by atoms with Gasteiger partial charge in [-0.05, 0) is 50.0 Å². The molecule has 4 N–H and O–H groups in total. The predicted molar refractivity (Wildman–Crippen MR) is 154 cm³/mol. The van der Waals surface area contributed by atoms with Crippen molar-refractivity contribution in [2.24, 2.45) is 0 Å². The van der Waals surface area contributed by atoms with E-state index in [0.29, 0.717) is 30.1 Å². The van der Waals surface area contributed by atoms with Crippen LogP contribution in [-0.2, 0) is 16.1 Å². The minimum absolute atomic E-state index is 0.129.